The van der Waals surface area contributed by atoms with E-state index in [-0.39, 0.29) is 11.7 Å². The minimum absolute atomic E-state index is 0.193. The molecule has 172 valence electrons. The van der Waals surface area contributed by atoms with Crippen molar-refractivity contribution in [2.45, 2.75) is 0 Å². The van der Waals surface area contributed by atoms with E-state index in [0.29, 0.717) is 31.4 Å². The van der Waals surface area contributed by atoms with Gasteiger partial charge < -0.3 is 5.32 Å². The summed E-state index contributed by atoms with van der Waals surface area (Å²) in [5, 5.41) is 4.17. The number of alkyl halides is 1. The number of thiophene rings is 1. The van der Waals surface area contributed by atoms with Gasteiger partial charge in [0.1, 0.15) is 15.6 Å². The van der Waals surface area contributed by atoms with Gasteiger partial charge in [-0.15, -0.1) is 22.9 Å². The number of aromatic nitrogens is 1. The van der Waals surface area contributed by atoms with Gasteiger partial charge in [-0.25, -0.2) is 4.98 Å². The summed E-state index contributed by atoms with van der Waals surface area (Å²) in [5.41, 5.74) is 4.37. The number of benzene rings is 3. The zero-order chi connectivity index (χ0) is 24.4. The van der Waals surface area contributed by atoms with Crippen molar-refractivity contribution >= 4 is 62.1 Å². The van der Waals surface area contributed by atoms with Crippen molar-refractivity contribution in [1.29, 1.82) is 0 Å². The lowest BCUT2D eigenvalue weighted by Crippen LogP contribution is -2.15. The van der Waals surface area contributed by atoms with E-state index in [1.807, 2.05) is 78.9 Å². The number of hydrogen-bond acceptors (Lipinski definition) is 4. The molecule has 7 heteroatoms. The zero-order valence-electron chi connectivity index (χ0n) is 18.3. The molecule has 0 radical (unpaired) electrons. The van der Waals surface area contributed by atoms with Gasteiger partial charge in [0.2, 0.25) is 11.7 Å². The van der Waals surface area contributed by atoms with Gasteiger partial charge in [0.15, 0.2) is 0 Å². The van der Waals surface area contributed by atoms with Crippen molar-refractivity contribution in [2.75, 3.05) is 11.2 Å². The Morgan fingerprint density at radius 1 is 0.857 bits per heavy atom. The quantitative estimate of drug-likeness (QED) is 0.186. The minimum atomic E-state index is -0.400. The monoisotopic (exact) mass is 516 g/mol. The van der Waals surface area contributed by atoms with E-state index in [1.165, 1.54) is 11.3 Å². The van der Waals surface area contributed by atoms with Crippen molar-refractivity contribution in [3.8, 4) is 22.4 Å². The van der Waals surface area contributed by atoms with Crippen LogP contribution in [0.1, 0.15) is 15.2 Å². The highest BCUT2D eigenvalue weighted by atomic mass is 35.5. The SMILES string of the molecule is O=C(CCl)Nc1c(C(=O)c2ccccc2)sc2nc(-c3ccccc3)cc(-c3ccc(Cl)cc3)c12. The number of amides is 1. The molecular formula is C28H18Cl2N2O2S. The lowest BCUT2D eigenvalue weighted by atomic mass is 9.98. The number of halogens is 2. The summed E-state index contributed by atoms with van der Waals surface area (Å²) in [7, 11) is 0. The van der Waals surface area contributed by atoms with Crippen molar-refractivity contribution in [1.82, 2.24) is 4.98 Å². The average molecular weight is 517 g/mol. The molecule has 0 aliphatic heterocycles. The van der Waals surface area contributed by atoms with Gasteiger partial charge in [0.05, 0.1) is 11.4 Å². The summed E-state index contributed by atoms with van der Waals surface area (Å²) < 4.78 is 0. The third kappa shape index (κ3) is 4.71. The number of fused-ring (bicyclic) bond motifs is 1. The molecular weight excluding hydrogens is 499 g/mol. The van der Waals surface area contributed by atoms with Gasteiger partial charge >= 0.3 is 0 Å². The largest absolute Gasteiger partial charge is 0.323 e. The fourth-order valence-electron chi connectivity index (χ4n) is 3.88. The Labute approximate surface area is 216 Å². The number of carbonyl (C=O) groups excluding carboxylic acids is 2. The zero-order valence-corrected chi connectivity index (χ0v) is 20.6. The first kappa shape index (κ1) is 23.2. The molecule has 0 saturated heterocycles. The number of pyridine rings is 1. The lowest BCUT2D eigenvalue weighted by molar-refractivity contribution is -0.113. The van der Waals surface area contributed by atoms with Crippen LogP contribution in [0.3, 0.4) is 0 Å². The number of hydrogen-bond donors (Lipinski definition) is 1. The molecule has 0 unspecified atom stereocenters. The third-order valence-corrected chi connectivity index (χ3v) is 7.09. The Bertz CT molecular complexity index is 1530. The van der Waals surface area contributed by atoms with Crippen LogP contribution in [0.4, 0.5) is 5.69 Å². The van der Waals surface area contributed by atoms with Crippen LogP contribution in [-0.4, -0.2) is 22.6 Å². The van der Waals surface area contributed by atoms with Crippen molar-refractivity contribution < 1.29 is 9.59 Å². The fraction of sp³-hybridized carbons (Fsp3) is 0.0357. The van der Waals surface area contributed by atoms with Crippen LogP contribution in [0.25, 0.3) is 32.6 Å². The van der Waals surface area contributed by atoms with Crippen molar-refractivity contribution in [3.63, 3.8) is 0 Å². The smallest absolute Gasteiger partial charge is 0.239 e. The van der Waals surface area contributed by atoms with Crippen LogP contribution in [-0.2, 0) is 4.79 Å². The number of rotatable bonds is 6. The summed E-state index contributed by atoms with van der Waals surface area (Å²) >= 11 is 13.2. The van der Waals surface area contributed by atoms with Gasteiger partial charge in [-0.05, 0) is 29.3 Å². The molecule has 0 fully saturated rings. The van der Waals surface area contributed by atoms with Crippen LogP contribution in [0.2, 0.25) is 5.02 Å². The first-order valence-electron chi connectivity index (χ1n) is 10.8. The second-order valence-corrected chi connectivity index (χ2v) is 9.49. The molecule has 5 aromatic rings. The molecule has 0 aliphatic rings. The lowest BCUT2D eigenvalue weighted by Gasteiger charge is -2.11. The molecule has 2 heterocycles. The number of anilines is 1. The molecule has 4 nitrogen and oxygen atoms in total. The molecule has 0 atom stereocenters. The Morgan fingerprint density at radius 3 is 2.17 bits per heavy atom. The van der Waals surface area contributed by atoms with Gasteiger partial charge in [0.25, 0.3) is 0 Å². The summed E-state index contributed by atoms with van der Waals surface area (Å²) in [5.74, 6) is -0.827. The Hall–Kier alpha value is -3.51. The Morgan fingerprint density at radius 2 is 1.51 bits per heavy atom. The summed E-state index contributed by atoms with van der Waals surface area (Å²) in [6, 6.07) is 28.2. The van der Waals surface area contributed by atoms with Crippen LogP contribution in [0.15, 0.2) is 91.0 Å². The predicted octanol–water partition coefficient (Wildman–Crippen LogP) is 7.69. The van der Waals surface area contributed by atoms with Gasteiger partial charge in [-0.1, -0.05) is 84.4 Å². The molecule has 0 bridgehead atoms. The minimum Gasteiger partial charge on any atom is -0.323 e. The number of nitrogens with zero attached hydrogens (tertiary/aromatic N) is 1. The van der Waals surface area contributed by atoms with E-state index in [2.05, 4.69) is 5.32 Å². The van der Waals surface area contributed by atoms with E-state index >= 15 is 0 Å². The highest BCUT2D eigenvalue weighted by Gasteiger charge is 2.25. The average Bonchev–Trinajstić information content (AvgIpc) is 3.27. The van der Waals surface area contributed by atoms with Gasteiger partial charge in [-0.2, -0.15) is 0 Å². The number of nitrogens with one attached hydrogen (secondary N) is 1. The summed E-state index contributed by atoms with van der Waals surface area (Å²) in [6.07, 6.45) is 0. The molecule has 0 aliphatic carbocycles. The van der Waals surface area contributed by atoms with E-state index in [4.69, 9.17) is 28.2 Å². The normalized spacial score (nSPS) is 10.9. The highest BCUT2D eigenvalue weighted by molar-refractivity contribution is 7.21. The molecule has 1 amide bonds. The van der Waals surface area contributed by atoms with E-state index in [1.54, 1.807) is 12.1 Å². The highest BCUT2D eigenvalue weighted by Crippen LogP contribution is 2.43. The first-order chi connectivity index (χ1) is 17.0. The maximum atomic E-state index is 13.5. The molecule has 35 heavy (non-hydrogen) atoms. The maximum absolute atomic E-state index is 13.5. The molecule has 1 N–H and O–H groups in total. The summed E-state index contributed by atoms with van der Waals surface area (Å²) in [6.45, 7) is 0. The van der Waals surface area contributed by atoms with E-state index in [9.17, 15) is 9.59 Å². The van der Waals surface area contributed by atoms with Gasteiger partial charge in [0, 0.05) is 21.5 Å². The second-order valence-electron chi connectivity index (χ2n) is 7.79. The van der Waals surface area contributed by atoms with Crippen LogP contribution >= 0.6 is 34.5 Å². The van der Waals surface area contributed by atoms with Crippen molar-refractivity contribution in [2.24, 2.45) is 0 Å². The second kappa shape index (κ2) is 10.0. The van der Waals surface area contributed by atoms with Gasteiger partial charge in [-0.3, -0.25) is 9.59 Å². The summed E-state index contributed by atoms with van der Waals surface area (Å²) in [4.78, 5) is 31.9. The Balaban J connectivity index is 1.82. The Kier molecular flexibility index (Phi) is 6.64. The van der Waals surface area contributed by atoms with Crippen LogP contribution < -0.4 is 5.32 Å². The molecule has 5 rings (SSSR count). The molecule has 0 spiro atoms. The predicted molar refractivity (Wildman–Crippen MR) is 145 cm³/mol. The van der Waals surface area contributed by atoms with E-state index < -0.39 is 5.91 Å². The topological polar surface area (TPSA) is 59.1 Å². The first-order valence-corrected chi connectivity index (χ1v) is 12.5. The van der Waals surface area contributed by atoms with Crippen LogP contribution in [0, 0.1) is 0 Å². The number of carbonyl (C=O) groups is 2. The standard InChI is InChI=1S/C28H18Cl2N2O2S/c29-16-23(33)32-25-24-21(17-11-13-20(30)14-12-17)15-22(18-7-3-1-4-8-18)31-28(24)35-27(25)26(34)19-9-5-2-6-10-19/h1-15H,16H2,(H,32,33). The molecule has 3 aromatic carbocycles. The number of ketones is 1. The third-order valence-electron chi connectivity index (χ3n) is 5.51. The molecule has 2 aromatic heterocycles. The van der Waals surface area contributed by atoms with Crippen molar-refractivity contribution in [3.05, 3.63) is 106 Å². The van der Waals surface area contributed by atoms with Crippen LogP contribution in [0.5, 0.6) is 0 Å². The fourth-order valence-corrected chi connectivity index (χ4v) is 5.19. The molecule has 0 saturated carbocycles. The maximum Gasteiger partial charge on any atom is 0.239 e. The van der Waals surface area contributed by atoms with E-state index in [0.717, 1.165) is 22.4 Å².